The summed E-state index contributed by atoms with van der Waals surface area (Å²) in [6.45, 7) is 0.791. The summed E-state index contributed by atoms with van der Waals surface area (Å²) < 4.78 is 0. The van der Waals surface area contributed by atoms with Gasteiger partial charge in [0.25, 0.3) is 0 Å². The molecule has 148 valence electrons. The van der Waals surface area contributed by atoms with E-state index in [4.69, 9.17) is 0 Å². The number of carbonyl (C=O) groups is 1. The van der Waals surface area contributed by atoms with Crippen LogP contribution in [0, 0.1) is 23.2 Å². The average Bonchev–Trinajstić information content (AvgIpc) is 3.52. The molecule has 2 aliphatic heterocycles. The highest BCUT2D eigenvalue weighted by atomic mass is 32.2. The van der Waals surface area contributed by atoms with Gasteiger partial charge in [-0.3, -0.25) is 14.9 Å². The van der Waals surface area contributed by atoms with Crippen molar-refractivity contribution >= 4 is 22.6 Å². The normalized spacial score (nSPS) is 31.2. The standard InChI is InChI=1S/C22H23N5OS/c23-14-22(20-5-1-2-6-24-20)9-15-4-3-7-27(18(15)10-22)21(28)16-8-19(29-13-16)17-11-25-26-12-17/h1-2,5-6,8,11-12,15-16,18H,3-4,7,9-10,13H2,(H,25,26). The summed E-state index contributed by atoms with van der Waals surface area (Å²) in [6, 6.07) is 8.50. The lowest BCUT2D eigenvalue weighted by molar-refractivity contribution is -0.138. The Bertz CT molecular complexity index is 967. The maximum Gasteiger partial charge on any atom is 0.230 e. The second-order valence-electron chi connectivity index (χ2n) is 8.25. The van der Waals surface area contributed by atoms with Crippen molar-refractivity contribution in [3.8, 4) is 6.07 Å². The minimum absolute atomic E-state index is 0.101. The van der Waals surface area contributed by atoms with Crippen LogP contribution in [0.25, 0.3) is 4.91 Å². The molecule has 1 saturated carbocycles. The third-order valence-corrected chi connectivity index (χ3v) is 7.82. The van der Waals surface area contributed by atoms with Crippen molar-refractivity contribution in [2.24, 2.45) is 11.8 Å². The number of piperidine rings is 1. The van der Waals surface area contributed by atoms with Crippen molar-refractivity contribution in [2.75, 3.05) is 12.3 Å². The van der Waals surface area contributed by atoms with Crippen molar-refractivity contribution in [1.29, 1.82) is 5.26 Å². The summed E-state index contributed by atoms with van der Waals surface area (Å²) in [4.78, 5) is 21.1. The molecule has 0 bridgehead atoms. The fraction of sp³-hybridized carbons (Fsp3) is 0.455. The number of hydrogen-bond acceptors (Lipinski definition) is 5. The Hall–Kier alpha value is -2.59. The first kappa shape index (κ1) is 18.4. The van der Waals surface area contributed by atoms with Crippen LogP contribution in [-0.4, -0.2) is 44.3 Å². The van der Waals surface area contributed by atoms with Crippen molar-refractivity contribution in [3.05, 3.63) is 54.1 Å². The SMILES string of the molecule is N#CC1(c2ccccn2)CC2CCCN(C(=O)C3C=C(c4cn[nH]c4)SC3)C2C1. The van der Waals surface area contributed by atoms with E-state index in [0.29, 0.717) is 12.3 Å². The first-order valence-corrected chi connectivity index (χ1v) is 11.2. The van der Waals surface area contributed by atoms with Gasteiger partial charge >= 0.3 is 0 Å². The molecule has 2 fully saturated rings. The van der Waals surface area contributed by atoms with Gasteiger partial charge in [0.15, 0.2) is 0 Å². The number of pyridine rings is 1. The Morgan fingerprint density at radius 3 is 3.07 bits per heavy atom. The Kier molecular flexibility index (Phi) is 4.67. The van der Waals surface area contributed by atoms with Gasteiger partial charge in [-0.2, -0.15) is 10.4 Å². The lowest BCUT2D eigenvalue weighted by Gasteiger charge is -2.38. The summed E-state index contributed by atoms with van der Waals surface area (Å²) in [5, 5.41) is 16.9. The third kappa shape index (κ3) is 3.16. The highest BCUT2D eigenvalue weighted by molar-refractivity contribution is 8.08. The molecular weight excluding hydrogens is 382 g/mol. The molecule has 1 aliphatic carbocycles. The summed E-state index contributed by atoms with van der Waals surface area (Å²) in [6.07, 6.45) is 11.1. The van der Waals surface area contributed by atoms with E-state index < -0.39 is 5.41 Å². The number of hydrogen-bond donors (Lipinski definition) is 1. The van der Waals surface area contributed by atoms with Gasteiger partial charge in [-0.25, -0.2) is 0 Å². The van der Waals surface area contributed by atoms with Crippen LogP contribution >= 0.6 is 11.8 Å². The number of aromatic nitrogens is 3. The first-order chi connectivity index (χ1) is 14.2. The average molecular weight is 406 g/mol. The maximum absolute atomic E-state index is 13.4. The highest BCUT2D eigenvalue weighted by Crippen LogP contribution is 2.49. The molecule has 4 heterocycles. The molecule has 4 unspecified atom stereocenters. The summed E-state index contributed by atoms with van der Waals surface area (Å²) in [5.74, 6) is 1.26. The Balaban J connectivity index is 1.38. The van der Waals surface area contributed by atoms with E-state index in [1.807, 2.05) is 24.4 Å². The summed E-state index contributed by atoms with van der Waals surface area (Å²) in [5.41, 5.74) is 1.31. The van der Waals surface area contributed by atoms with Crippen LogP contribution < -0.4 is 0 Å². The number of aromatic amines is 1. The quantitative estimate of drug-likeness (QED) is 0.846. The number of amides is 1. The van der Waals surface area contributed by atoms with Gasteiger partial charge in [0.05, 0.1) is 23.9 Å². The zero-order valence-corrected chi connectivity index (χ0v) is 16.9. The number of nitrogens with one attached hydrogen (secondary N) is 1. The molecular formula is C22H23N5OS. The second kappa shape index (κ2) is 7.34. The molecule has 3 aliphatic rings. The van der Waals surface area contributed by atoms with Crippen LogP contribution in [0.15, 0.2) is 42.9 Å². The van der Waals surface area contributed by atoms with Crippen LogP contribution in [0.5, 0.6) is 0 Å². The lowest BCUT2D eigenvalue weighted by atomic mass is 9.82. The molecule has 2 aromatic rings. The third-order valence-electron chi connectivity index (χ3n) is 6.61. The van der Waals surface area contributed by atoms with E-state index in [1.165, 1.54) is 0 Å². The van der Waals surface area contributed by atoms with Gasteiger partial charge in [-0.15, -0.1) is 11.8 Å². The molecule has 4 atom stereocenters. The Morgan fingerprint density at radius 1 is 1.38 bits per heavy atom. The summed E-state index contributed by atoms with van der Waals surface area (Å²) >= 11 is 1.72. The molecule has 0 radical (unpaired) electrons. The summed E-state index contributed by atoms with van der Waals surface area (Å²) in [7, 11) is 0. The van der Waals surface area contributed by atoms with Gasteiger partial charge in [0.1, 0.15) is 5.41 Å². The minimum atomic E-state index is -0.582. The van der Waals surface area contributed by atoms with Crippen molar-refractivity contribution < 1.29 is 4.79 Å². The topological polar surface area (TPSA) is 85.7 Å². The van der Waals surface area contributed by atoms with Crippen molar-refractivity contribution in [3.63, 3.8) is 0 Å². The van der Waals surface area contributed by atoms with Crippen LogP contribution in [0.2, 0.25) is 0 Å². The monoisotopic (exact) mass is 405 g/mol. The molecule has 1 N–H and O–H groups in total. The maximum atomic E-state index is 13.4. The molecule has 1 saturated heterocycles. The number of nitrogens with zero attached hydrogens (tertiary/aromatic N) is 4. The Labute approximate surface area is 174 Å². The number of H-pyrrole nitrogens is 1. The van der Waals surface area contributed by atoms with Gasteiger partial charge in [-0.1, -0.05) is 12.1 Å². The second-order valence-corrected chi connectivity index (χ2v) is 9.32. The molecule has 7 heteroatoms. The van der Waals surface area contributed by atoms with E-state index >= 15 is 0 Å². The van der Waals surface area contributed by atoms with Crippen molar-refractivity contribution in [1.82, 2.24) is 20.1 Å². The van der Waals surface area contributed by atoms with Crippen LogP contribution in [0.3, 0.4) is 0 Å². The van der Waals surface area contributed by atoms with Gasteiger partial charge in [0, 0.05) is 41.2 Å². The van der Waals surface area contributed by atoms with E-state index in [9.17, 15) is 10.1 Å². The zero-order valence-electron chi connectivity index (χ0n) is 16.1. The molecule has 5 rings (SSSR count). The van der Waals surface area contributed by atoms with Crippen molar-refractivity contribution in [2.45, 2.75) is 37.1 Å². The molecule has 1 amide bonds. The molecule has 0 spiro atoms. The van der Waals surface area contributed by atoms with E-state index in [2.05, 4.69) is 32.2 Å². The number of nitriles is 1. The number of rotatable bonds is 3. The molecule has 6 nitrogen and oxygen atoms in total. The van der Waals surface area contributed by atoms with Gasteiger partial charge < -0.3 is 4.90 Å². The number of fused-ring (bicyclic) bond motifs is 1. The number of carbonyl (C=O) groups excluding carboxylic acids is 1. The number of likely N-dealkylation sites (tertiary alicyclic amines) is 1. The Morgan fingerprint density at radius 2 is 2.31 bits per heavy atom. The fourth-order valence-corrected chi connectivity index (χ4v) is 6.33. The predicted molar refractivity (Wildman–Crippen MR) is 111 cm³/mol. The fourth-order valence-electron chi connectivity index (χ4n) is 5.20. The van der Waals surface area contributed by atoms with E-state index in [0.717, 1.165) is 47.7 Å². The van der Waals surface area contributed by atoms with Crippen LogP contribution in [0.4, 0.5) is 0 Å². The lowest BCUT2D eigenvalue weighted by Crippen LogP contribution is -2.48. The van der Waals surface area contributed by atoms with E-state index in [-0.39, 0.29) is 17.9 Å². The van der Waals surface area contributed by atoms with Gasteiger partial charge in [-0.05, 0) is 43.7 Å². The molecule has 0 aromatic carbocycles. The van der Waals surface area contributed by atoms with E-state index in [1.54, 1.807) is 24.2 Å². The van der Waals surface area contributed by atoms with Gasteiger partial charge in [0.2, 0.25) is 5.91 Å². The molecule has 2 aromatic heterocycles. The zero-order chi connectivity index (χ0) is 19.8. The smallest absolute Gasteiger partial charge is 0.230 e. The highest BCUT2D eigenvalue weighted by Gasteiger charge is 2.52. The first-order valence-electron chi connectivity index (χ1n) is 10.2. The van der Waals surface area contributed by atoms with Crippen LogP contribution in [-0.2, 0) is 10.2 Å². The molecule has 29 heavy (non-hydrogen) atoms. The number of thioether (sulfide) groups is 1. The predicted octanol–water partition coefficient (Wildman–Crippen LogP) is 3.37. The minimum Gasteiger partial charge on any atom is -0.339 e. The largest absolute Gasteiger partial charge is 0.339 e. The van der Waals surface area contributed by atoms with Crippen LogP contribution in [0.1, 0.15) is 36.9 Å².